The molecule has 0 bridgehead atoms. The molecule has 0 aliphatic heterocycles. The van der Waals surface area contributed by atoms with Crippen molar-refractivity contribution in [1.29, 1.82) is 0 Å². The Hall–Kier alpha value is -1.98. The van der Waals surface area contributed by atoms with Crippen molar-refractivity contribution < 1.29 is 22.7 Å². The molecule has 3 nitrogen and oxygen atoms in total. The van der Waals surface area contributed by atoms with E-state index in [0.29, 0.717) is 12.1 Å². The summed E-state index contributed by atoms with van der Waals surface area (Å²) >= 11 is 0. The molecule has 1 aromatic carbocycles. The average Bonchev–Trinajstić information content (AvgIpc) is 2.26. The van der Waals surface area contributed by atoms with Gasteiger partial charge in [0.05, 0.1) is 6.61 Å². The van der Waals surface area contributed by atoms with Gasteiger partial charge in [0.15, 0.2) is 11.6 Å². The first-order valence-corrected chi connectivity index (χ1v) is 5.20. The van der Waals surface area contributed by atoms with Gasteiger partial charge in [-0.2, -0.15) is 0 Å². The quantitative estimate of drug-likeness (QED) is 0.511. The normalized spacial score (nSPS) is 11.4. The van der Waals surface area contributed by atoms with Crippen molar-refractivity contribution in [2.45, 2.75) is 13.3 Å². The fourth-order valence-electron chi connectivity index (χ4n) is 1.31. The third-order valence-electron chi connectivity index (χ3n) is 2.07. The predicted octanol–water partition coefficient (Wildman–Crippen LogP) is 2.05. The molecule has 0 aliphatic rings. The zero-order chi connectivity index (χ0) is 13.7. The molecule has 6 heteroatoms. The van der Waals surface area contributed by atoms with Crippen LogP contribution in [0.5, 0.6) is 0 Å². The second-order valence-electron chi connectivity index (χ2n) is 3.51. The number of rotatable bonds is 4. The molecule has 18 heavy (non-hydrogen) atoms. The summed E-state index contributed by atoms with van der Waals surface area (Å²) in [5.74, 6) is -4.04. The number of benzene rings is 1. The fourth-order valence-corrected chi connectivity index (χ4v) is 1.31. The van der Waals surface area contributed by atoms with Gasteiger partial charge in [-0.05, 0) is 18.6 Å². The van der Waals surface area contributed by atoms with E-state index in [0.717, 1.165) is 6.08 Å². The molecular formula is C12H12F3NO2. The summed E-state index contributed by atoms with van der Waals surface area (Å²) in [6, 6.07) is 1.14. The molecule has 0 aromatic heterocycles. The number of hydrogen-bond acceptors (Lipinski definition) is 3. The highest BCUT2D eigenvalue weighted by atomic mass is 19.2. The number of allylic oxidation sites excluding steroid dienone is 1. The van der Waals surface area contributed by atoms with E-state index in [1.54, 1.807) is 6.92 Å². The molecule has 0 fully saturated rings. The Morgan fingerprint density at radius 1 is 1.28 bits per heavy atom. The van der Waals surface area contributed by atoms with Crippen molar-refractivity contribution in [3.8, 4) is 0 Å². The van der Waals surface area contributed by atoms with Crippen molar-refractivity contribution in [1.82, 2.24) is 0 Å². The molecule has 0 amide bonds. The van der Waals surface area contributed by atoms with Gasteiger partial charge in [-0.15, -0.1) is 0 Å². The first-order valence-electron chi connectivity index (χ1n) is 5.20. The third kappa shape index (κ3) is 3.80. The van der Waals surface area contributed by atoms with Gasteiger partial charge >= 0.3 is 5.97 Å². The standard InChI is InChI=1S/C12H12F3NO2/c1-2-18-12(17)5-8(16)3-7-4-10(14)11(15)6-9(7)13/h4-6H,2-3,16H2,1H3. The summed E-state index contributed by atoms with van der Waals surface area (Å²) in [5, 5.41) is 0. The van der Waals surface area contributed by atoms with Gasteiger partial charge in [0, 0.05) is 24.3 Å². The molecular weight excluding hydrogens is 247 g/mol. The van der Waals surface area contributed by atoms with Crippen LogP contribution in [0.1, 0.15) is 12.5 Å². The second-order valence-corrected chi connectivity index (χ2v) is 3.51. The minimum atomic E-state index is -1.27. The summed E-state index contributed by atoms with van der Waals surface area (Å²) in [6.45, 7) is 1.80. The first-order chi connectivity index (χ1) is 8.43. The van der Waals surface area contributed by atoms with Gasteiger partial charge in [-0.1, -0.05) is 0 Å². The lowest BCUT2D eigenvalue weighted by Gasteiger charge is -2.05. The predicted molar refractivity (Wildman–Crippen MR) is 58.9 cm³/mol. The Bertz CT molecular complexity index is 486. The molecule has 0 saturated carbocycles. The van der Waals surface area contributed by atoms with E-state index in [2.05, 4.69) is 4.74 Å². The van der Waals surface area contributed by atoms with Crippen LogP contribution in [0, 0.1) is 17.5 Å². The lowest BCUT2D eigenvalue weighted by molar-refractivity contribution is -0.137. The second kappa shape index (κ2) is 6.09. The molecule has 0 unspecified atom stereocenters. The molecule has 98 valence electrons. The van der Waals surface area contributed by atoms with E-state index in [1.165, 1.54) is 0 Å². The van der Waals surface area contributed by atoms with Crippen LogP contribution in [-0.2, 0) is 16.0 Å². The first kappa shape index (κ1) is 14.1. The van der Waals surface area contributed by atoms with Crippen molar-refractivity contribution in [2.24, 2.45) is 5.73 Å². The third-order valence-corrected chi connectivity index (χ3v) is 2.07. The smallest absolute Gasteiger partial charge is 0.332 e. The largest absolute Gasteiger partial charge is 0.463 e. The van der Waals surface area contributed by atoms with Gasteiger partial charge in [0.2, 0.25) is 0 Å². The SMILES string of the molecule is CCOC(=O)C=C(N)Cc1cc(F)c(F)cc1F. The summed E-state index contributed by atoms with van der Waals surface area (Å²) in [6.07, 6.45) is 0.770. The Morgan fingerprint density at radius 3 is 2.50 bits per heavy atom. The lowest BCUT2D eigenvalue weighted by atomic mass is 10.1. The number of carbonyl (C=O) groups is 1. The molecule has 1 aromatic rings. The highest BCUT2D eigenvalue weighted by Crippen LogP contribution is 2.15. The van der Waals surface area contributed by atoms with Gasteiger partial charge in [0.25, 0.3) is 0 Å². The van der Waals surface area contributed by atoms with Crippen LogP contribution >= 0.6 is 0 Å². The zero-order valence-corrected chi connectivity index (χ0v) is 9.67. The minimum Gasteiger partial charge on any atom is -0.463 e. The molecule has 2 N–H and O–H groups in total. The maximum atomic E-state index is 13.3. The van der Waals surface area contributed by atoms with E-state index >= 15 is 0 Å². The van der Waals surface area contributed by atoms with E-state index in [9.17, 15) is 18.0 Å². The highest BCUT2D eigenvalue weighted by Gasteiger charge is 2.11. The molecule has 0 heterocycles. The Morgan fingerprint density at radius 2 is 1.89 bits per heavy atom. The highest BCUT2D eigenvalue weighted by molar-refractivity contribution is 5.82. The van der Waals surface area contributed by atoms with Crippen molar-refractivity contribution >= 4 is 5.97 Å². The molecule has 0 radical (unpaired) electrons. The summed E-state index contributed by atoms with van der Waals surface area (Å²) < 4.78 is 43.4. The number of hydrogen-bond donors (Lipinski definition) is 1. The number of halogens is 3. The van der Waals surface area contributed by atoms with Crippen LogP contribution in [0.25, 0.3) is 0 Å². The van der Waals surface area contributed by atoms with Crippen LogP contribution in [-0.4, -0.2) is 12.6 Å². The summed E-state index contributed by atoms with van der Waals surface area (Å²) in [7, 11) is 0. The van der Waals surface area contributed by atoms with Crippen molar-refractivity contribution in [3.05, 3.63) is 46.9 Å². The number of carbonyl (C=O) groups excluding carboxylic acids is 1. The van der Waals surface area contributed by atoms with Gasteiger partial charge in [0.1, 0.15) is 5.82 Å². The molecule has 0 saturated heterocycles. The molecule has 0 atom stereocenters. The van der Waals surface area contributed by atoms with Crippen LogP contribution in [0.4, 0.5) is 13.2 Å². The van der Waals surface area contributed by atoms with E-state index in [4.69, 9.17) is 5.73 Å². The van der Waals surface area contributed by atoms with Gasteiger partial charge in [-0.3, -0.25) is 0 Å². The summed E-state index contributed by atoms with van der Waals surface area (Å²) in [5.41, 5.74) is 5.34. The van der Waals surface area contributed by atoms with E-state index in [1.807, 2.05) is 0 Å². The van der Waals surface area contributed by atoms with Crippen molar-refractivity contribution in [2.75, 3.05) is 6.61 Å². The molecule has 0 spiro atoms. The minimum absolute atomic E-state index is 0.00152. The van der Waals surface area contributed by atoms with Crippen molar-refractivity contribution in [3.63, 3.8) is 0 Å². The van der Waals surface area contributed by atoms with Gasteiger partial charge in [-0.25, -0.2) is 18.0 Å². The van der Waals surface area contributed by atoms with E-state index in [-0.39, 0.29) is 24.3 Å². The maximum Gasteiger partial charge on any atom is 0.332 e. The zero-order valence-electron chi connectivity index (χ0n) is 9.67. The molecule has 1 rings (SSSR count). The number of ether oxygens (including phenoxy) is 1. The number of esters is 1. The van der Waals surface area contributed by atoms with Crippen LogP contribution in [0.2, 0.25) is 0 Å². The van der Waals surface area contributed by atoms with Crippen LogP contribution < -0.4 is 5.73 Å². The Labute approximate surface area is 102 Å². The fraction of sp³-hybridized carbons (Fsp3) is 0.250. The molecule has 0 aliphatic carbocycles. The van der Waals surface area contributed by atoms with Gasteiger partial charge < -0.3 is 10.5 Å². The van der Waals surface area contributed by atoms with Crippen LogP contribution in [0.3, 0.4) is 0 Å². The van der Waals surface area contributed by atoms with Crippen LogP contribution in [0.15, 0.2) is 23.9 Å². The average molecular weight is 259 g/mol. The topological polar surface area (TPSA) is 52.3 Å². The summed E-state index contributed by atoms with van der Waals surface area (Å²) in [4.78, 5) is 11.0. The maximum absolute atomic E-state index is 13.3. The Balaban J connectivity index is 2.85. The van der Waals surface area contributed by atoms with E-state index < -0.39 is 23.4 Å². The number of nitrogens with two attached hydrogens (primary N) is 1. The Kier molecular flexibility index (Phi) is 4.76. The monoisotopic (exact) mass is 259 g/mol. The lowest BCUT2D eigenvalue weighted by Crippen LogP contribution is -2.09.